The van der Waals surface area contributed by atoms with Crippen LogP contribution in [-0.4, -0.2) is 35.5 Å². The van der Waals surface area contributed by atoms with Crippen LogP contribution in [0.3, 0.4) is 0 Å². The van der Waals surface area contributed by atoms with E-state index in [2.05, 4.69) is 0 Å². The molecule has 9 heteroatoms. The Labute approximate surface area is 92.8 Å². The van der Waals surface area contributed by atoms with Crippen molar-refractivity contribution in [3.63, 3.8) is 0 Å². The number of nitrogens with one attached hydrogen (secondary N) is 1. The molecule has 0 aliphatic carbocycles. The second kappa shape index (κ2) is 4.71. The van der Waals surface area contributed by atoms with Crippen LogP contribution in [0.2, 0.25) is 0 Å². The van der Waals surface area contributed by atoms with Gasteiger partial charge in [-0.15, -0.1) is 0 Å². The molecule has 0 heterocycles. The third kappa shape index (κ3) is 4.80. The maximum Gasteiger partial charge on any atom is 0.409 e. The maximum absolute atomic E-state index is 12.1. The van der Waals surface area contributed by atoms with Crippen LogP contribution in [0.25, 0.3) is 0 Å². The fourth-order valence-electron chi connectivity index (χ4n) is 0.928. The van der Waals surface area contributed by atoms with Crippen molar-refractivity contribution in [3.8, 4) is 0 Å². The number of amides is 1. The summed E-state index contributed by atoms with van der Waals surface area (Å²) in [6, 6.07) is 0. The highest BCUT2D eigenvalue weighted by molar-refractivity contribution is 5.81. The Morgan fingerprint density at radius 2 is 1.47 bits per heavy atom. The van der Waals surface area contributed by atoms with Crippen LogP contribution in [0.1, 0.15) is 13.8 Å². The summed E-state index contributed by atoms with van der Waals surface area (Å²) in [7, 11) is 0. The van der Waals surface area contributed by atoms with E-state index < -0.39 is 36.3 Å². The van der Waals surface area contributed by atoms with Crippen molar-refractivity contribution in [1.29, 1.82) is 0 Å². The first-order valence-corrected chi connectivity index (χ1v) is 4.37. The second-order valence-corrected chi connectivity index (χ2v) is 4.05. The molecule has 0 saturated carbocycles. The van der Waals surface area contributed by atoms with Gasteiger partial charge in [-0.2, -0.15) is 26.3 Å². The molecule has 1 amide bonds. The number of hydrogen-bond acceptors (Lipinski definition) is 2. The van der Waals surface area contributed by atoms with Crippen LogP contribution >= 0.6 is 0 Å². The minimum absolute atomic E-state index is 0.791. The van der Waals surface area contributed by atoms with Gasteiger partial charge in [0.2, 0.25) is 11.8 Å². The van der Waals surface area contributed by atoms with Crippen molar-refractivity contribution in [3.05, 3.63) is 0 Å². The molecule has 0 rings (SSSR count). The van der Waals surface area contributed by atoms with Crippen molar-refractivity contribution in [1.82, 2.24) is 5.32 Å². The lowest BCUT2D eigenvalue weighted by molar-refractivity contribution is -0.274. The minimum atomic E-state index is -5.73. The molecule has 0 unspecified atom stereocenters. The molecule has 0 aliphatic heterocycles. The molecule has 0 fully saturated rings. The van der Waals surface area contributed by atoms with Crippen LogP contribution in [0.15, 0.2) is 0 Å². The molecule has 0 aromatic heterocycles. The predicted molar refractivity (Wildman–Crippen MR) is 44.9 cm³/mol. The molecular formula is C8H11F6NO2. The third-order valence-corrected chi connectivity index (χ3v) is 1.77. The average molecular weight is 267 g/mol. The highest BCUT2D eigenvalue weighted by atomic mass is 19.4. The molecule has 0 aliphatic rings. The monoisotopic (exact) mass is 267 g/mol. The van der Waals surface area contributed by atoms with Crippen molar-refractivity contribution in [2.24, 2.45) is 5.92 Å². The van der Waals surface area contributed by atoms with Gasteiger partial charge in [-0.05, 0) is 13.8 Å². The Bertz CT molecular complexity index is 269. The highest BCUT2D eigenvalue weighted by Gasteiger charge is 2.61. The van der Waals surface area contributed by atoms with Crippen molar-refractivity contribution < 1.29 is 36.2 Å². The van der Waals surface area contributed by atoms with E-state index in [-0.39, 0.29) is 0 Å². The summed E-state index contributed by atoms with van der Waals surface area (Å²) < 4.78 is 72.6. The Kier molecular flexibility index (Phi) is 4.44. The number of carbonyl (C=O) groups is 1. The van der Waals surface area contributed by atoms with Gasteiger partial charge in [0.15, 0.2) is 0 Å². The van der Waals surface area contributed by atoms with Gasteiger partial charge in [0.1, 0.15) is 0 Å². The number of aliphatic hydroxyl groups is 1. The van der Waals surface area contributed by atoms with Gasteiger partial charge in [-0.25, -0.2) is 0 Å². The molecule has 3 nitrogen and oxygen atoms in total. The SMILES string of the molecule is CC(C)(CO)NC(=O)C(C(F)(F)F)C(F)(F)F. The quantitative estimate of drug-likeness (QED) is 0.763. The van der Waals surface area contributed by atoms with Crippen molar-refractivity contribution >= 4 is 5.91 Å². The van der Waals surface area contributed by atoms with Gasteiger partial charge in [-0.3, -0.25) is 4.79 Å². The van der Waals surface area contributed by atoms with E-state index in [0.717, 1.165) is 13.8 Å². The molecule has 0 bridgehead atoms. The summed E-state index contributed by atoms with van der Waals surface area (Å²) in [5.41, 5.74) is -1.56. The van der Waals surface area contributed by atoms with Crippen molar-refractivity contribution in [2.45, 2.75) is 31.7 Å². The van der Waals surface area contributed by atoms with Gasteiger partial charge in [0.25, 0.3) is 0 Å². The molecule has 0 saturated heterocycles. The topological polar surface area (TPSA) is 49.3 Å². The summed E-state index contributed by atoms with van der Waals surface area (Å²) in [4.78, 5) is 10.9. The van der Waals surface area contributed by atoms with Crippen LogP contribution in [0.4, 0.5) is 26.3 Å². The van der Waals surface area contributed by atoms with E-state index in [9.17, 15) is 31.1 Å². The average Bonchev–Trinajstić information content (AvgIpc) is 1.96. The first-order chi connectivity index (χ1) is 7.31. The molecule has 0 aromatic carbocycles. The molecular weight excluding hydrogens is 256 g/mol. The number of rotatable bonds is 3. The van der Waals surface area contributed by atoms with Crippen LogP contribution in [0.5, 0.6) is 0 Å². The van der Waals surface area contributed by atoms with Crippen LogP contribution in [-0.2, 0) is 4.79 Å². The number of halogens is 6. The smallest absolute Gasteiger partial charge is 0.394 e. The van der Waals surface area contributed by atoms with Crippen LogP contribution in [0, 0.1) is 5.92 Å². The lowest BCUT2D eigenvalue weighted by Gasteiger charge is -2.28. The summed E-state index contributed by atoms with van der Waals surface area (Å²) in [6.45, 7) is 1.39. The second-order valence-electron chi connectivity index (χ2n) is 4.05. The van der Waals surface area contributed by atoms with Crippen molar-refractivity contribution in [2.75, 3.05) is 6.61 Å². The van der Waals surface area contributed by atoms with Gasteiger partial charge in [-0.1, -0.05) is 0 Å². The Morgan fingerprint density at radius 3 is 1.71 bits per heavy atom. The fourth-order valence-corrected chi connectivity index (χ4v) is 0.928. The summed E-state index contributed by atoms with van der Waals surface area (Å²) >= 11 is 0. The standard InChI is InChI=1S/C8H11F6NO2/c1-6(2,3-16)15-5(17)4(7(9,10)11)8(12,13)14/h4,16H,3H2,1-2H3,(H,15,17). The first-order valence-electron chi connectivity index (χ1n) is 4.37. The van der Waals surface area contributed by atoms with E-state index in [1.165, 1.54) is 5.32 Å². The number of aliphatic hydroxyl groups excluding tert-OH is 1. The number of carbonyl (C=O) groups excluding carboxylic acids is 1. The Balaban J connectivity index is 5.06. The van der Waals surface area contributed by atoms with E-state index in [4.69, 9.17) is 5.11 Å². The summed E-state index contributed by atoms with van der Waals surface area (Å²) in [5, 5.41) is 10.1. The molecule has 0 aromatic rings. The predicted octanol–water partition coefficient (Wildman–Crippen LogP) is 1.61. The Hall–Kier alpha value is -0.990. The molecule has 0 radical (unpaired) electrons. The van der Waals surface area contributed by atoms with E-state index in [1.807, 2.05) is 0 Å². The van der Waals surface area contributed by atoms with Gasteiger partial charge in [0, 0.05) is 0 Å². The highest BCUT2D eigenvalue weighted by Crippen LogP contribution is 2.39. The zero-order valence-electron chi connectivity index (χ0n) is 8.91. The molecule has 17 heavy (non-hydrogen) atoms. The number of hydrogen-bond donors (Lipinski definition) is 2. The fraction of sp³-hybridized carbons (Fsp3) is 0.875. The van der Waals surface area contributed by atoms with E-state index in [0.29, 0.717) is 0 Å². The number of alkyl halides is 6. The third-order valence-electron chi connectivity index (χ3n) is 1.77. The van der Waals surface area contributed by atoms with Gasteiger partial charge in [0.05, 0.1) is 12.1 Å². The van der Waals surface area contributed by atoms with Gasteiger partial charge >= 0.3 is 12.4 Å². The Morgan fingerprint density at radius 1 is 1.12 bits per heavy atom. The van der Waals surface area contributed by atoms with Crippen LogP contribution < -0.4 is 5.32 Å². The molecule has 0 atom stereocenters. The molecule has 0 spiro atoms. The summed E-state index contributed by atoms with van der Waals surface area (Å²) in [6.07, 6.45) is -11.5. The summed E-state index contributed by atoms with van der Waals surface area (Å²) in [5.74, 6) is -6.33. The molecule has 2 N–H and O–H groups in total. The normalized spacial score (nSPS) is 14.0. The van der Waals surface area contributed by atoms with E-state index in [1.54, 1.807) is 0 Å². The van der Waals surface area contributed by atoms with Gasteiger partial charge < -0.3 is 10.4 Å². The zero-order valence-corrected chi connectivity index (χ0v) is 8.91. The minimum Gasteiger partial charge on any atom is -0.394 e. The largest absolute Gasteiger partial charge is 0.409 e. The van der Waals surface area contributed by atoms with E-state index >= 15 is 0 Å². The lowest BCUT2D eigenvalue weighted by Crippen LogP contribution is -2.55. The lowest BCUT2D eigenvalue weighted by atomic mass is 10.0. The first kappa shape index (κ1) is 16.0. The maximum atomic E-state index is 12.1. The molecule has 102 valence electrons. The zero-order chi connectivity index (χ0) is 14.1.